The van der Waals surface area contributed by atoms with E-state index in [0.717, 1.165) is 32.2 Å². The molecule has 0 bridgehead atoms. The molecule has 1 amide bonds. The Morgan fingerprint density at radius 1 is 1.39 bits per heavy atom. The van der Waals surface area contributed by atoms with Crippen LogP contribution in [0, 0.1) is 5.92 Å². The lowest BCUT2D eigenvalue weighted by atomic mass is 9.98. The lowest BCUT2D eigenvalue weighted by Gasteiger charge is -2.35. The molecule has 1 unspecified atom stereocenters. The van der Waals surface area contributed by atoms with Gasteiger partial charge in [-0.15, -0.1) is 0 Å². The van der Waals surface area contributed by atoms with Crippen molar-refractivity contribution >= 4 is 5.91 Å². The van der Waals surface area contributed by atoms with E-state index in [2.05, 4.69) is 5.32 Å². The molecular formula is C13H24F2N2O. The maximum atomic E-state index is 12.2. The number of piperidine rings is 1. The number of halogens is 2. The number of rotatable bonds is 6. The fourth-order valence-corrected chi connectivity index (χ4v) is 2.50. The molecule has 1 heterocycles. The molecular weight excluding hydrogens is 238 g/mol. The highest BCUT2D eigenvalue weighted by Gasteiger charge is 2.27. The summed E-state index contributed by atoms with van der Waals surface area (Å²) in [6.07, 6.45) is 1.14. The molecule has 0 aliphatic carbocycles. The van der Waals surface area contributed by atoms with Gasteiger partial charge in [0.2, 0.25) is 5.91 Å². The van der Waals surface area contributed by atoms with Crippen molar-refractivity contribution in [1.82, 2.24) is 10.2 Å². The third-order valence-electron chi connectivity index (χ3n) is 3.63. The molecule has 5 heteroatoms. The second-order valence-electron chi connectivity index (χ2n) is 4.94. The summed E-state index contributed by atoms with van der Waals surface area (Å²) in [5.74, 6) is 0.266. The van der Waals surface area contributed by atoms with Crippen LogP contribution in [0.15, 0.2) is 0 Å². The molecule has 1 rings (SSSR count). The fourth-order valence-electron chi connectivity index (χ4n) is 2.50. The van der Waals surface area contributed by atoms with E-state index >= 15 is 0 Å². The first kappa shape index (κ1) is 15.3. The summed E-state index contributed by atoms with van der Waals surface area (Å²) >= 11 is 0. The molecule has 106 valence electrons. The first-order chi connectivity index (χ1) is 8.58. The number of amides is 1. The minimum Gasteiger partial charge on any atom is -0.341 e. The van der Waals surface area contributed by atoms with Crippen LogP contribution in [0.2, 0.25) is 0 Å². The molecule has 3 nitrogen and oxygen atoms in total. The van der Waals surface area contributed by atoms with Crippen molar-refractivity contribution in [2.45, 2.75) is 52.0 Å². The minimum atomic E-state index is -2.32. The first-order valence-corrected chi connectivity index (χ1v) is 6.88. The Morgan fingerprint density at radius 2 is 2.06 bits per heavy atom. The summed E-state index contributed by atoms with van der Waals surface area (Å²) in [7, 11) is 0. The number of carbonyl (C=O) groups excluding carboxylic acids is 1. The van der Waals surface area contributed by atoms with E-state index in [-0.39, 0.29) is 24.4 Å². The summed E-state index contributed by atoms with van der Waals surface area (Å²) in [6, 6.07) is 0.0195. The summed E-state index contributed by atoms with van der Waals surface area (Å²) in [6.45, 7) is 5.09. The second kappa shape index (κ2) is 7.67. The fraction of sp³-hybridized carbons (Fsp3) is 0.923. The summed E-state index contributed by atoms with van der Waals surface area (Å²) in [5, 5.41) is 2.84. The van der Waals surface area contributed by atoms with E-state index in [4.69, 9.17) is 0 Å². The van der Waals surface area contributed by atoms with Gasteiger partial charge < -0.3 is 10.2 Å². The molecule has 0 saturated carbocycles. The molecule has 1 N–H and O–H groups in total. The standard InChI is InChI=1S/C13H24F2N2O/c1-3-10(4-2)13(18)17-7-5-6-11(9-17)16-8-12(14)15/h10-12,16H,3-9H2,1-2H3. The first-order valence-electron chi connectivity index (χ1n) is 6.88. The number of nitrogens with zero attached hydrogens (tertiary/aromatic N) is 1. The maximum absolute atomic E-state index is 12.2. The highest BCUT2D eigenvalue weighted by atomic mass is 19.3. The molecule has 0 aromatic rings. The molecule has 0 aromatic heterocycles. The number of alkyl halides is 2. The van der Waals surface area contributed by atoms with E-state index in [1.165, 1.54) is 0 Å². The smallest absolute Gasteiger partial charge is 0.250 e. The monoisotopic (exact) mass is 262 g/mol. The predicted octanol–water partition coefficient (Wildman–Crippen LogP) is 2.27. The van der Waals surface area contributed by atoms with Gasteiger partial charge >= 0.3 is 0 Å². The maximum Gasteiger partial charge on any atom is 0.250 e. The van der Waals surface area contributed by atoms with Crippen LogP contribution in [0.4, 0.5) is 8.78 Å². The van der Waals surface area contributed by atoms with Crippen molar-refractivity contribution in [3.63, 3.8) is 0 Å². The van der Waals surface area contributed by atoms with Gasteiger partial charge in [-0.25, -0.2) is 8.78 Å². The van der Waals surface area contributed by atoms with Crippen LogP contribution < -0.4 is 5.32 Å². The van der Waals surface area contributed by atoms with Crippen molar-refractivity contribution in [2.75, 3.05) is 19.6 Å². The molecule has 0 aromatic carbocycles. The molecule has 1 atom stereocenters. The van der Waals surface area contributed by atoms with Crippen LogP contribution in [0.5, 0.6) is 0 Å². The van der Waals surface area contributed by atoms with Gasteiger partial charge in [0.05, 0.1) is 6.54 Å². The van der Waals surface area contributed by atoms with E-state index in [9.17, 15) is 13.6 Å². The zero-order chi connectivity index (χ0) is 13.5. The summed E-state index contributed by atoms with van der Waals surface area (Å²) in [4.78, 5) is 14.0. The highest BCUT2D eigenvalue weighted by Crippen LogP contribution is 2.17. The van der Waals surface area contributed by atoms with Crippen molar-refractivity contribution in [1.29, 1.82) is 0 Å². The Morgan fingerprint density at radius 3 is 2.61 bits per heavy atom. The van der Waals surface area contributed by atoms with Crippen LogP contribution in [-0.2, 0) is 4.79 Å². The zero-order valence-corrected chi connectivity index (χ0v) is 11.3. The third kappa shape index (κ3) is 4.52. The van der Waals surface area contributed by atoms with Gasteiger partial charge in [0, 0.05) is 25.0 Å². The molecule has 1 saturated heterocycles. The summed E-state index contributed by atoms with van der Waals surface area (Å²) < 4.78 is 24.3. The van der Waals surface area contributed by atoms with Gasteiger partial charge in [0.15, 0.2) is 0 Å². The SMILES string of the molecule is CCC(CC)C(=O)N1CCCC(NCC(F)F)C1. The van der Waals surface area contributed by atoms with Gasteiger partial charge in [-0.2, -0.15) is 0 Å². The number of nitrogens with one attached hydrogen (secondary N) is 1. The van der Waals surface area contributed by atoms with Gasteiger partial charge in [-0.1, -0.05) is 13.8 Å². The van der Waals surface area contributed by atoms with Crippen molar-refractivity contribution in [3.05, 3.63) is 0 Å². The van der Waals surface area contributed by atoms with Gasteiger partial charge in [-0.05, 0) is 25.7 Å². The summed E-state index contributed by atoms with van der Waals surface area (Å²) in [5.41, 5.74) is 0. The number of hydrogen-bond donors (Lipinski definition) is 1. The normalized spacial score (nSPS) is 20.8. The minimum absolute atomic E-state index is 0.0195. The molecule has 1 aliphatic rings. The quantitative estimate of drug-likeness (QED) is 0.796. The Bertz CT molecular complexity index is 257. The predicted molar refractivity (Wildman–Crippen MR) is 67.7 cm³/mol. The third-order valence-corrected chi connectivity index (χ3v) is 3.63. The van der Waals surface area contributed by atoms with Crippen LogP contribution >= 0.6 is 0 Å². The lowest BCUT2D eigenvalue weighted by Crippen LogP contribution is -2.50. The Balaban J connectivity index is 2.45. The van der Waals surface area contributed by atoms with Crippen molar-refractivity contribution < 1.29 is 13.6 Å². The van der Waals surface area contributed by atoms with Crippen molar-refractivity contribution in [2.24, 2.45) is 5.92 Å². The van der Waals surface area contributed by atoms with Crippen LogP contribution in [0.25, 0.3) is 0 Å². The molecule has 0 radical (unpaired) electrons. The van der Waals surface area contributed by atoms with Crippen LogP contribution in [0.1, 0.15) is 39.5 Å². The Kier molecular flexibility index (Phi) is 6.54. The number of likely N-dealkylation sites (tertiary alicyclic amines) is 1. The molecule has 1 fully saturated rings. The average molecular weight is 262 g/mol. The largest absolute Gasteiger partial charge is 0.341 e. The Labute approximate surface area is 108 Å². The van der Waals surface area contributed by atoms with E-state index < -0.39 is 6.43 Å². The van der Waals surface area contributed by atoms with Gasteiger partial charge in [-0.3, -0.25) is 4.79 Å². The molecule has 18 heavy (non-hydrogen) atoms. The van der Waals surface area contributed by atoms with E-state index in [1.54, 1.807) is 0 Å². The average Bonchev–Trinajstić information content (AvgIpc) is 2.38. The topological polar surface area (TPSA) is 32.3 Å². The van der Waals surface area contributed by atoms with Gasteiger partial charge in [0.25, 0.3) is 6.43 Å². The van der Waals surface area contributed by atoms with Crippen LogP contribution in [-0.4, -0.2) is 42.9 Å². The van der Waals surface area contributed by atoms with Crippen LogP contribution in [0.3, 0.4) is 0 Å². The zero-order valence-electron chi connectivity index (χ0n) is 11.3. The number of hydrogen-bond acceptors (Lipinski definition) is 2. The van der Waals surface area contributed by atoms with E-state index in [0.29, 0.717) is 6.54 Å². The molecule has 1 aliphatic heterocycles. The van der Waals surface area contributed by atoms with Gasteiger partial charge in [0.1, 0.15) is 0 Å². The van der Waals surface area contributed by atoms with Crippen molar-refractivity contribution in [3.8, 4) is 0 Å². The molecule has 0 spiro atoms. The number of carbonyl (C=O) groups is 1. The van der Waals surface area contributed by atoms with E-state index in [1.807, 2.05) is 18.7 Å². The highest BCUT2D eigenvalue weighted by molar-refractivity contribution is 5.78. The lowest BCUT2D eigenvalue weighted by molar-refractivity contribution is -0.137. The second-order valence-corrected chi connectivity index (χ2v) is 4.94. The Hall–Kier alpha value is -0.710.